The first-order valence-corrected chi connectivity index (χ1v) is 10.3. The summed E-state index contributed by atoms with van der Waals surface area (Å²) in [6.07, 6.45) is 0. The molecule has 0 heterocycles. The number of hydrogen-bond donors (Lipinski definition) is 5. The number of rotatable bonds is 8. The molecule has 0 aliphatic carbocycles. The van der Waals surface area contributed by atoms with E-state index in [4.69, 9.17) is 0 Å². The molecule has 5 N–H and O–H groups in total. The van der Waals surface area contributed by atoms with Crippen LogP contribution >= 0.6 is 0 Å². The molecule has 0 atom stereocenters. The average molecular weight is 492 g/mol. The number of nitro benzene ring substituents is 2. The van der Waals surface area contributed by atoms with Crippen molar-refractivity contribution >= 4 is 59.5 Å². The summed E-state index contributed by atoms with van der Waals surface area (Å²) in [6.45, 7) is 0.385. The van der Waals surface area contributed by atoms with Crippen molar-refractivity contribution in [3.63, 3.8) is 0 Å². The Morgan fingerprint density at radius 3 is 1.47 bits per heavy atom. The number of carbonyl (C=O) groups excluding carboxylic acids is 2. The molecule has 2 amide bonds. The zero-order valence-electron chi connectivity index (χ0n) is 18.6. The molecule has 15 heteroatoms. The number of amides is 2. The minimum atomic E-state index is -2.01. The Kier molecular flexibility index (Phi) is 7.79. The van der Waals surface area contributed by atoms with Gasteiger partial charge in [-0.15, -0.1) is 0 Å². The van der Waals surface area contributed by atoms with Crippen molar-refractivity contribution in [2.24, 2.45) is 0 Å². The van der Waals surface area contributed by atoms with Crippen LogP contribution in [-0.2, 0) is 0 Å². The van der Waals surface area contributed by atoms with Crippen LogP contribution in [0.3, 0.4) is 0 Å². The van der Waals surface area contributed by atoms with Gasteiger partial charge >= 0.3 is 14.0 Å². The second kappa shape index (κ2) is 10.8. The van der Waals surface area contributed by atoms with E-state index in [1.54, 1.807) is 0 Å². The molecule has 0 aliphatic heterocycles. The van der Waals surface area contributed by atoms with Gasteiger partial charge in [-0.2, -0.15) is 0 Å². The third-order valence-electron chi connectivity index (χ3n) is 5.01. The maximum Gasteiger partial charge on any atom is 0.488 e. The number of nitro groups is 2. The van der Waals surface area contributed by atoms with E-state index >= 15 is 0 Å². The van der Waals surface area contributed by atoms with Gasteiger partial charge in [-0.05, 0) is 41.3 Å². The van der Waals surface area contributed by atoms with Crippen LogP contribution in [0.15, 0.2) is 60.7 Å². The third kappa shape index (κ3) is 6.29. The monoisotopic (exact) mass is 492 g/mol. The predicted octanol–water partition coefficient (Wildman–Crippen LogP) is 0.508. The quantitative estimate of drug-likeness (QED) is 0.169. The molecule has 0 saturated heterocycles. The Labute approximate surface area is 204 Å². The van der Waals surface area contributed by atoms with Gasteiger partial charge < -0.3 is 25.7 Å². The predicted molar refractivity (Wildman–Crippen MR) is 132 cm³/mol. The lowest BCUT2D eigenvalue weighted by Crippen LogP contribution is -2.31. The van der Waals surface area contributed by atoms with Crippen LogP contribution in [-0.4, -0.2) is 50.8 Å². The van der Waals surface area contributed by atoms with E-state index in [0.29, 0.717) is 5.69 Å². The summed E-state index contributed by atoms with van der Waals surface area (Å²) in [5.41, 5.74) is -0.531. The summed E-state index contributed by atoms with van der Waals surface area (Å²) in [5.74, 6) is -1.41. The average Bonchev–Trinajstić information content (AvgIpc) is 2.84. The fourth-order valence-electron chi connectivity index (χ4n) is 3.18. The summed E-state index contributed by atoms with van der Waals surface area (Å²) >= 11 is 0. The molecule has 3 aromatic rings. The zero-order valence-corrected chi connectivity index (χ0v) is 18.6. The normalized spacial score (nSPS) is 10.3. The maximum atomic E-state index is 12.6. The SMILES string of the molecule is CB(O)c1cc(C(=O)Nc2ccc(NC(=O)c3cc(B(O)O)cc([N+](=O)[O-])c3)cc2)cc([N+](=O)[O-])c1. The molecule has 0 spiro atoms. The molecule has 13 nitrogen and oxygen atoms in total. The lowest BCUT2D eigenvalue weighted by atomic mass is 9.64. The second-order valence-electron chi connectivity index (χ2n) is 7.68. The van der Waals surface area contributed by atoms with Gasteiger partial charge in [0.25, 0.3) is 23.2 Å². The Morgan fingerprint density at radius 2 is 1.11 bits per heavy atom. The molecule has 0 radical (unpaired) electrons. The highest BCUT2D eigenvalue weighted by molar-refractivity contribution is 6.65. The first kappa shape index (κ1) is 26.0. The van der Waals surface area contributed by atoms with Crippen LogP contribution in [0.2, 0.25) is 6.82 Å². The van der Waals surface area contributed by atoms with Crippen LogP contribution < -0.4 is 21.6 Å². The Bertz CT molecular complexity index is 1250. The fourth-order valence-corrected chi connectivity index (χ4v) is 3.18. The van der Waals surface area contributed by atoms with Crippen molar-refractivity contribution in [2.45, 2.75) is 6.82 Å². The van der Waals surface area contributed by atoms with E-state index in [-0.39, 0.29) is 33.4 Å². The molecule has 0 saturated carbocycles. The third-order valence-corrected chi connectivity index (χ3v) is 5.01. The molecule has 3 rings (SSSR count). The molecule has 3 aromatic carbocycles. The van der Waals surface area contributed by atoms with Crippen molar-refractivity contribution in [2.75, 3.05) is 10.6 Å². The minimum absolute atomic E-state index is 0.0370. The Hall–Kier alpha value is -4.59. The molecular formula is C21H18B2N4O9. The van der Waals surface area contributed by atoms with E-state index < -0.39 is 41.4 Å². The minimum Gasteiger partial charge on any atom is -0.446 e. The van der Waals surface area contributed by atoms with E-state index in [9.17, 15) is 44.9 Å². The van der Waals surface area contributed by atoms with Gasteiger partial charge in [-0.25, -0.2) is 0 Å². The van der Waals surface area contributed by atoms with Gasteiger partial charge in [0.2, 0.25) is 0 Å². The van der Waals surface area contributed by atoms with E-state index in [0.717, 1.165) is 24.3 Å². The number of non-ortho nitro benzene ring substituents is 2. The maximum absolute atomic E-state index is 12.6. The summed E-state index contributed by atoms with van der Waals surface area (Å²) < 4.78 is 0. The summed E-state index contributed by atoms with van der Waals surface area (Å²) in [4.78, 5) is 45.9. The number of benzene rings is 3. The van der Waals surface area contributed by atoms with Gasteiger partial charge in [-0.3, -0.25) is 29.8 Å². The fraction of sp³-hybridized carbons (Fsp3) is 0.0476. The smallest absolute Gasteiger partial charge is 0.446 e. The molecular weight excluding hydrogens is 474 g/mol. The molecule has 0 bridgehead atoms. The highest BCUT2D eigenvalue weighted by Gasteiger charge is 2.21. The number of anilines is 2. The number of nitrogens with zero attached hydrogens (tertiary/aromatic N) is 2. The molecule has 0 aromatic heterocycles. The van der Waals surface area contributed by atoms with Gasteiger partial charge in [0.05, 0.1) is 9.85 Å². The number of nitrogens with one attached hydrogen (secondary N) is 2. The highest BCUT2D eigenvalue weighted by Crippen LogP contribution is 2.19. The van der Waals surface area contributed by atoms with Gasteiger partial charge in [-0.1, -0.05) is 12.9 Å². The lowest BCUT2D eigenvalue weighted by molar-refractivity contribution is -0.385. The van der Waals surface area contributed by atoms with Crippen molar-refractivity contribution in [1.82, 2.24) is 0 Å². The first-order valence-electron chi connectivity index (χ1n) is 10.3. The van der Waals surface area contributed by atoms with Crippen molar-refractivity contribution in [3.05, 3.63) is 92.0 Å². The van der Waals surface area contributed by atoms with Crippen LogP contribution in [0.4, 0.5) is 22.7 Å². The van der Waals surface area contributed by atoms with Crippen LogP contribution in [0.25, 0.3) is 0 Å². The van der Waals surface area contributed by atoms with Gasteiger partial charge in [0.1, 0.15) is 0 Å². The number of hydrogen-bond acceptors (Lipinski definition) is 9. The standard InChI is InChI=1S/C21H18B2N4O9/c1-22(30)14-6-12(8-18(10-14)26(33)34)20(28)24-16-2-4-17(5-3-16)25-21(29)13-7-15(23(31)32)11-19(9-13)27(35)36/h2-11,30-32H,1H3,(H,24,28)(H,25,29). The van der Waals surface area contributed by atoms with Gasteiger partial charge in [0, 0.05) is 46.8 Å². The Morgan fingerprint density at radius 1 is 0.722 bits per heavy atom. The molecule has 36 heavy (non-hydrogen) atoms. The van der Waals surface area contributed by atoms with Crippen molar-refractivity contribution in [3.8, 4) is 0 Å². The molecule has 0 fully saturated rings. The summed E-state index contributed by atoms with van der Waals surface area (Å²) in [6, 6.07) is 12.3. The first-order chi connectivity index (χ1) is 16.9. The van der Waals surface area contributed by atoms with Crippen molar-refractivity contribution in [1.29, 1.82) is 0 Å². The molecule has 182 valence electrons. The van der Waals surface area contributed by atoms with Crippen molar-refractivity contribution < 1.29 is 34.5 Å². The topological polar surface area (TPSA) is 205 Å². The lowest BCUT2D eigenvalue weighted by Gasteiger charge is -2.10. The van der Waals surface area contributed by atoms with Crippen LogP contribution in [0.5, 0.6) is 0 Å². The van der Waals surface area contributed by atoms with Crippen LogP contribution in [0, 0.1) is 20.2 Å². The van der Waals surface area contributed by atoms with E-state index in [2.05, 4.69) is 10.6 Å². The second-order valence-corrected chi connectivity index (χ2v) is 7.68. The van der Waals surface area contributed by atoms with E-state index in [1.807, 2.05) is 0 Å². The zero-order chi connectivity index (χ0) is 26.6. The number of carbonyl (C=O) groups is 2. The summed E-state index contributed by atoms with van der Waals surface area (Å²) in [7, 11) is -2.01. The highest BCUT2D eigenvalue weighted by atomic mass is 16.6. The molecule has 0 unspecified atom stereocenters. The van der Waals surface area contributed by atoms with E-state index in [1.165, 1.54) is 43.2 Å². The molecule has 0 aliphatic rings. The van der Waals surface area contributed by atoms with Gasteiger partial charge in [0.15, 0.2) is 0 Å². The summed E-state index contributed by atoms with van der Waals surface area (Å²) in [5, 5.41) is 55.7. The Balaban J connectivity index is 1.75. The van der Waals surface area contributed by atoms with Crippen LogP contribution in [0.1, 0.15) is 20.7 Å². The largest absolute Gasteiger partial charge is 0.488 e.